The highest BCUT2D eigenvalue weighted by atomic mass is 16.6. The number of likely N-dealkylation sites (tertiary alicyclic amines) is 1. The molecule has 2 aromatic carbocycles. The van der Waals surface area contributed by atoms with E-state index >= 15 is 0 Å². The van der Waals surface area contributed by atoms with Gasteiger partial charge in [-0.25, -0.2) is 9.59 Å². The first kappa shape index (κ1) is 29.9. The summed E-state index contributed by atoms with van der Waals surface area (Å²) in [5.74, 6) is -0.175. The quantitative estimate of drug-likeness (QED) is 0.194. The summed E-state index contributed by atoms with van der Waals surface area (Å²) in [6.07, 6.45) is 1.13. The third-order valence-electron chi connectivity index (χ3n) is 7.09. The molecule has 2 aliphatic heterocycles. The molecule has 0 spiro atoms. The highest BCUT2D eigenvalue weighted by molar-refractivity contribution is 5.86. The van der Waals surface area contributed by atoms with Crippen molar-refractivity contribution in [3.8, 4) is 0 Å². The van der Waals surface area contributed by atoms with Crippen molar-refractivity contribution in [3.63, 3.8) is 0 Å². The van der Waals surface area contributed by atoms with Crippen LogP contribution < -0.4 is 0 Å². The molecule has 42 heavy (non-hydrogen) atoms. The second-order valence-corrected chi connectivity index (χ2v) is 9.92. The number of carbonyl (C=O) groups excluding carboxylic acids is 3. The van der Waals surface area contributed by atoms with Crippen LogP contribution in [-0.2, 0) is 27.5 Å². The van der Waals surface area contributed by atoms with Crippen LogP contribution in [0.2, 0.25) is 0 Å². The lowest BCUT2D eigenvalue weighted by molar-refractivity contribution is -0.385. The van der Waals surface area contributed by atoms with Crippen molar-refractivity contribution in [1.82, 2.24) is 14.7 Å². The fraction of sp³-hybridized carbons (Fsp3) is 0.407. The van der Waals surface area contributed by atoms with Gasteiger partial charge in [0, 0.05) is 56.5 Å². The highest BCUT2D eigenvalue weighted by Gasteiger charge is 2.39. The Morgan fingerprint density at radius 2 is 1.48 bits per heavy atom. The van der Waals surface area contributed by atoms with Crippen LogP contribution in [0.5, 0.6) is 0 Å². The van der Waals surface area contributed by atoms with E-state index in [1.807, 2.05) is 11.8 Å². The van der Waals surface area contributed by atoms with E-state index in [9.17, 15) is 34.6 Å². The number of rotatable bonds is 8. The molecule has 2 saturated heterocycles. The van der Waals surface area contributed by atoms with E-state index in [0.29, 0.717) is 50.1 Å². The van der Waals surface area contributed by atoms with Gasteiger partial charge in [-0.05, 0) is 55.2 Å². The van der Waals surface area contributed by atoms with Crippen LogP contribution >= 0.6 is 0 Å². The summed E-state index contributed by atoms with van der Waals surface area (Å²) in [7, 11) is 0. The molecule has 1 unspecified atom stereocenters. The van der Waals surface area contributed by atoms with Crippen molar-refractivity contribution >= 4 is 35.8 Å². The summed E-state index contributed by atoms with van der Waals surface area (Å²) in [5, 5.41) is 21.5. The van der Waals surface area contributed by atoms with Crippen molar-refractivity contribution in [1.29, 1.82) is 0 Å². The second-order valence-electron chi connectivity index (χ2n) is 9.92. The fourth-order valence-electron chi connectivity index (χ4n) is 4.76. The number of hydrogen-bond donors (Lipinski definition) is 0. The number of carbonyl (C=O) groups is 3. The van der Waals surface area contributed by atoms with Crippen LogP contribution in [0.4, 0.5) is 21.0 Å². The molecule has 2 aromatic rings. The van der Waals surface area contributed by atoms with E-state index in [4.69, 9.17) is 9.47 Å². The van der Waals surface area contributed by atoms with Gasteiger partial charge < -0.3 is 19.3 Å². The van der Waals surface area contributed by atoms with Gasteiger partial charge in [0.1, 0.15) is 19.3 Å². The third kappa shape index (κ3) is 7.56. The molecule has 2 atom stereocenters. The minimum atomic E-state index is -0.812. The molecule has 0 bridgehead atoms. The van der Waals surface area contributed by atoms with Gasteiger partial charge in [-0.2, -0.15) is 4.99 Å². The first-order valence-electron chi connectivity index (χ1n) is 13.3. The van der Waals surface area contributed by atoms with Gasteiger partial charge in [-0.15, -0.1) is 0 Å². The van der Waals surface area contributed by atoms with E-state index in [2.05, 4.69) is 4.99 Å². The number of benzene rings is 2. The Kier molecular flexibility index (Phi) is 9.62. The summed E-state index contributed by atoms with van der Waals surface area (Å²) in [4.78, 5) is 67.5. The Labute approximate surface area is 240 Å². The summed E-state index contributed by atoms with van der Waals surface area (Å²) in [5.41, 5.74) is 1.06. The molecule has 2 fully saturated rings. The maximum absolute atomic E-state index is 13.3. The van der Waals surface area contributed by atoms with Crippen molar-refractivity contribution < 1.29 is 33.7 Å². The number of hydrogen-bond acceptors (Lipinski definition) is 9. The highest BCUT2D eigenvalue weighted by Crippen LogP contribution is 2.23. The monoisotopic (exact) mass is 582 g/mol. The van der Waals surface area contributed by atoms with E-state index in [1.54, 1.807) is 4.90 Å². The molecule has 15 heteroatoms. The van der Waals surface area contributed by atoms with Gasteiger partial charge in [0.2, 0.25) is 5.91 Å². The molecular weight excluding hydrogens is 552 g/mol. The van der Waals surface area contributed by atoms with Crippen LogP contribution in [0.1, 0.15) is 30.9 Å². The Hall–Kier alpha value is -5.08. The van der Waals surface area contributed by atoms with Gasteiger partial charge in [-0.3, -0.25) is 29.9 Å². The third-order valence-corrected chi connectivity index (χ3v) is 7.09. The Morgan fingerprint density at radius 1 is 0.905 bits per heavy atom. The molecule has 0 aromatic heterocycles. The van der Waals surface area contributed by atoms with Gasteiger partial charge in [0.05, 0.1) is 16.2 Å². The zero-order chi connectivity index (χ0) is 30.2. The van der Waals surface area contributed by atoms with Crippen molar-refractivity contribution in [2.24, 2.45) is 4.99 Å². The average Bonchev–Trinajstić information content (AvgIpc) is 3.48. The minimum absolute atomic E-state index is 0.0597. The number of nitro benzene ring substituents is 2. The molecule has 15 nitrogen and oxygen atoms in total. The average molecular weight is 583 g/mol. The first-order chi connectivity index (χ1) is 20.1. The molecule has 2 aliphatic rings. The number of nitro groups is 2. The summed E-state index contributed by atoms with van der Waals surface area (Å²) in [6.45, 7) is 3.28. The zero-order valence-corrected chi connectivity index (χ0v) is 22.9. The van der Waals surface area contributed by atoms with Gasteiger partial charge in [-0.1, -0.05) is 0 Å². The first-order valence-corrected chi connectivity index (χ1v) is 13.3. The molecule has 3 amide bonds. The number of non-ortho nitro benzene ring substituents is 2. The number of ether oxygens (including phenoxy) is 2. The molecule has 0 radical (unpaired) electrons. The van der Waals surface area contributed by atoms with E-state index < -0.39 is 28.1 Å². The van der Waals surface area contributed by atoms with Crippen LogP contribution in [0.25, 0.3) is 0 Å². The van der Waals surface area contributed by atoms with Gasteiger partial charge in [0.15, 0.2) is 0 Å². The number of aliphatic imine (C=N–C) groups is 1. The summed E-state index contributed by atoms with van der Waals surface area (Å²) in [6, 6.07) is 10.5. The Bertz CT molecular complexity index is 1350. The van der Waals surface area contributed by atoms with Crippen LogP contribution in [0.15, 0.2) is 53.5 Å². The standard InChI is InChI=1S/C27H30N6O9/c1-19-15-29(13-14-30(19)18-28-26(35)41-16-20-4-8-22(9-5-20)32(37)38)25(34)24-3-2-12-31(24)27(36)42-17-21-6-10-23(11-7-21)33(39)40/h4-11,18-19,24H,2-3,12-17H2,1H3/t19-,24?/m0/s1. The molecule has 0 N–H and O–H groups in total. The normalized spacial score (nSPS) is 18.6. The van der Waals surface area contributed by atoms with Gasteiger partial charge >= 0.3 is 12.2 Å². The Balaban J connectivity index is 1.23. The molecule has 222 valence electrons. The van der Waals surface area contributed by atoms with E-state index in [1.165, 1.54) is 59.8 Å². The molecular formula is C27H30N6O9. The van der Waals surface area contributed by atoms with Crippen molar-refractivity contribution in [2.45, 2.75) is 45.1 Å². The maximum atomic E-state index is 13.3. The lowest BCUT2D eigenvalue weighted by Crippen LogP contribution is -2.57. The lowest BCUT2D eigenvalue weighted by Gasteiger charge is -2.40. The zero-order valence-electron chi connectivity index (χ0n) is 22.9. The lowest BCUT2D eigenvalue weighted by atomic mass is 10.1. The number of piperazine rings is 1. The molecule has 0 aliphatic carbocycles. The predicted molar refractivity (Wildman–Crippen MR) is 148 cm³/mol. The van der Waals surface area contributed by atoms with Gasteiger partial charge in [0.25, 0.3) is 11.4 Å². The summed E-state index contributed by atoms with van der Waals surface area (Å²) < 4.78 is 10.5. The number of nitrogens with zero attached hydrogens (tertiary/aromatic N) is 6. The minimum Gasteiger partial charge on any atom is -0.445 e. The van der Waals surface area contributed by atoms with Crippen LogP contribution in [0.3, 0.4) is 0 Å². The molecule has 4 rings (SSSR count). The van der Waals surface area contributed by atoms with Crippen LogP contribution in [0, 0.1) is 20.2 Å². The fourth-order valence-corrected chi connectivity index (χ4v) is 4.76. The topological polar surface area (TPSA) is 178 Å². The molecule has 2 heterocycles. The molecule has 0 saturated carbocycles. The van der Waals surface area contributed by atoms with Crippen molar-refractivity contribution in [2.75, 3.05) is 26.2 Å². The summed E-state index contributed by atoms with van der Waals surface area (Å²) >= 11 is 0. The SMILES string of the molecule is C[C@H]1CN(C(=O)C2CCCN2C(=O)OCc2ccc([N+](=O)[O-])cc2)CCN1C=NC(=O)OCc1ccc([N+](=O)[O-])cc1. The van der Waals surface area contributed by atoms with Crippen molar-refractivity contribution in [3.05, 3.63) is 79.9 Å². The van der Waals surface area contributed by atoms with Crippen LogP contribution in [-0.4, -0.2) is 87.2 Å². The second kappa shape index (κ2) is 13.5. The van der Waals surface area contributed by atoms with E-state index in [-0.39, 0.29) is 36.5 Å². The number of amides is 3. The smallest absolute Gasteiger partial charge is 0.435 e. The maximum Gasteiger partial charge on any atom is 0.435 e. The largest absolute Gasteiger partial charge is 0.445 e. The Morgan fingerprint density at radius 3 is 2.02 bits per heavy atom. The predicted octanol–water partition coefficient (Wildman–Crippen LogP) is 3.50. The van der Waals surface area contributed by atoms with E-state index in [0.717, 1.165) is 0 Å².